The van der Waals surface area contributed by atoms with Crippen LogP contribution in [0.3, 0.4) is 0 Å². The molecule has 1 fully saturated rings. The summed E-state index contributed by atoms with van der Waals surface area (Å²) in [6.07, 6.45) is 0.210. The predicted octanol–water partition coefficient (Wildman–Crippen LogP) is 1.18. The smallest absolute Gasteiger partial charge is 0.371 e. The number of nitrogens with zero attached hydrogens (tertiary/aromatic N) is 1. The van der Waals surface area contributed by atoms with Crippen molar-refractivity contribution in [3.63, 3.8) is 0 Å². The SMILES string of the molecule is Cc1oc(C(=O)O)cc1CN1C(=O)CC(C)C1=O. The lowest BCUT2D eigenvalue weighted by atomic mass is 10.1. The molecule has 96 valence electrons. The van der Waals surface area contributed by atoms with Crippen molar-refractivity contribution < 1.29 is 23.9 Å². The van der Waals surface area contributed by atoms with Crippen LogP contribution in [0, 0.1) is 12.8 Å². The Morgan fingerprint density at radius 1 is 1.56 bits per heavy atom. The van der Waals surface area contributed by atoms with Gasteiger partial charge in [-0.1, -0.05) is 6.92 Å². The van der Waals surface area contributed by atoms with Crippen molar-refractivity contribution in [2.75, 3.05) is 0 Å². The van der Waals surface area contributed by atoms with Crippen molar-refractivity contribution in [1.29, 1.82) is 0 Å². The van der Waals surface area contributed by atoms with Crippen molar-refractivity contribution in [1.82, 2.24) is 4.90 Å². The van der Waals surface area contributed by atoms with E-state index >= 15 is 0 Å². The Kier molecular flexibility index (Phi) is 2.94. The molecule has 18 heavy (non-hydrogen) atoms. The number of furan rings is 1. The van der Waals surface area contributed by atoms with Crippen LogP contribution in [0.5, 0.6) is 0 Å². The maximum absolute atomic E-state index is 11.7. The van der Waals surface area contributed by atoms with Gasteiger partial charge in [0.1, 0.15) is 5.76 Å². The zero-order valence-corrected chi connectivity index (χ0v) is 10.1. The third-order valence-electron chi connectivity index (χ3n) is 3.03. The molecular weight excluding hydrogens is 238 g/mol. The van der Waals surface area contributed by atoms with Gasteiger partial charge in [0.25, 0.3) is 0 Å². The van der Waals surface area contributed by atoms with Crippen LogP contribution in [0.4, 0.5) is 0 Å². The van der Waals surface area contributed by atoms with Crippen LogP contribution >= 0.6 is 0 Å². The fraction of sp³-hybridized carbons (Fsp3) is 0.417. The highest BCUT2D eigenvalue weighted by molar-refractivity contribution is 6.03. The molecule has 1 aromatic rings. The number of aromatic carboxylic acids is 1. The van der Waals surface area contributed by atoms with Crippen molar-refractivity contribution in [3.05, 3.63) is 23.2 Å². The molecule has 2 rings (SSSR count). The van der Waals surface area contributed by atoms with Crippen molar-refractivity contribution in [2.24, 2.45) is 5.92 Å². The van der Waals surface area contributed by atoms with E-state index in [4.69, 9.17) is 9.52 Å². The summed E-state index contributed by atoms with van der Waals surface area (Å²) in [5, 5.41) is 8.79. The van der Waals surface area contributed by atoms with Crippen LogP contribution in [0.15, 0.2) is 10.5 Å². The van der Waals surface area contributed by atoms with Gasteiger partial charge in [-0.3, -0.25) is 14.5 Å². The average molecular weight is 251 g/mol. The summed E-state index contributed by atoms with van der Waals surface area (Å²) in [7, 11) is 0. The molecule has 1 aliphatic rings. The third kappa shape index (κ3) is 2.01. The van der Waals surface area contributed by atoms with Gasteiger partial charge in [0.05, 0.1) is 6.54 Å². The molecule has 6 nitrogen and oxygen atoms in total. The van der Waals surface area contributed by atoms with Crippen molar-refractivity contribution in [3.8, 4) is 0 Å². The monoisotopic (exact) mass is 251 g/mol. The van der Waals surface area contributed by atoms with Gasteiger partial charge in [-0.2, -0.15) is 0 Å². The van der Waals surface area contributed by atoms with E-state index in [1.165, 1.54) is 6.07 Å². The first-order valence-corrected chi connectivity index (χ1v) is 5.57. The quantitative estimate of drug-likeness (QED) is 0.815. The maximum Gasteiger partial charge on any atom is 0.371 e. The number of hydrogen-bond acceptors (Lipinski definition) is 4. The molecule has 6 heteroatoms. The molecule has 0 radical (unpaired) electrons. The summed E-state index contributed by atoms with van der Waals surface area (Å²) in [4.78, 5) is 35.2. The third-order valence-corrected chi connectivity index (χ3v) is 3.03. The lowest BCUT2D eigenvalue weighted by molar-refractivity contribution is -0.139. The van der Waals surface area contributed by atoms with Gasteiger partial charge in [-0.15, -0.1) is 0 Å². The zero-order valence-electron chi connectivity index (χ0n) is 10.1. The number of carboxylic acids is 1. The van der Waals surface area contributed by atoms with E-state index in [0.717, 1.165) is 4.90 Å². The summed E-state index contributed by atoms with van der Waals surface area (Å²) in [6.45, 7) is 3.38. The number of amides is 2. The van der Waals surface area contributed by atoms with E-state index in [0.29, 0.717) is 11.3 Å². The van der Waals surface area contributed by atoms with Gasteiger partial charge >= 0.3 is 5.97 Å². The predicted molar refractivity (Wildman–Crippen MR) is 59.7 cm³/mol. The normalized spacial score (nSPS) is 19.7. The highest BCUT2D eigenvalue weighted by Crippen LogP contribution is 2.23. The Morgan fingerprint density at radius 2 is 2.22 bits per heavy atom. The zero-order chi connectivity index (χ0) is 13.4. The van der Waals surface area contributed by atoms with Gasteiger partial charge in [0, 0.05) is 17.9 Å². The number of rotatable bonds is 3. The van der Waals surface area contributed by atoms with Crippen LogP contribution in [0.25, 0.3) is 0 Å². The Morgan fingerprint density at radius 3 is 2.67 bits per heavy atom. The lowest BCUT2D eigenvalue weighted by Gasteiger charge is -2.13. The largest absolute Gasteiger partial charge is 0.475 e. The minimum Gasteiger partial charge on any atom is -0.475 e. The second-order valence-corrected chi connectivity index (χ2v) is 4.42. The van der Waals surface area contributed by atoms with Gasteiger partial charge in [-0.05, 0) is 13.0 Å². The maximum atomic E-state index is 11.7. The van der Waals surface area contributed by atoms with Gasteiger partial charge in [-0.25, -0.2) is 4.79 Å². The van der Waals surface area contributed by atoms with E-state index in [9.17, 15) is 14.4 Å². The van der Waals surface area contributed by atoms with E-state index in [2.05, 4.69) is 0 Å². The average Bonchev–Trinajstić information content (AvgIpc) is 2.76. The molecule has 0 bridgehead atoms. The summed E-state index contributed by atoms with van der Waals surface area (Å²) < 4.78 is 5.03. The van der Waals surface area contributed by atoms with Crippen molar-refractivity contribution in [2.45, 2.75) is 26.8 Å². The van der Waals surface area contributed by atoms with Crippen LogP contribution in [-0.4, -0.2) is 27.8 Å². The summed E-state index contributed by atoms with van der Waals surface area (Å²) >= 11 is 0. The first kappa shape index (κ1) is 12.3. The molecule has 1 saturated heterocycles. The standard InChI is InChI=1S/C12H13NO5/c1-6-3-10(14)13(11(6)15)5-8-4-9(12(16)17)18-7(8)2/h4,6H,3,5H2,1-2H3,(H,16,17). The molecule has 1 unspecified atom stereocenters. The van der Waals surface area contributed by atoms with E-state index in [-0.39, 0.29) is 36.5 Å². The van der Waals surface area contributed by atoms with Crippen molar-refractivity contribution >= 4 is 17.8 Å². The minimum atomic E-state index is -1.17. The molecule has 1 aliphatic heterocycles. The first-order valence-electron chi connectivity index (χ1n) is 5.57. The van der Waals surface area contributed by atoms with Crippen LogP contribution in [-0.2, 0) is 16.1 Å². The molecule has 1 aromatic heterocycles. The summed E-state index contributed by atoms with van der Waals surface area (Å²) in [5.74, 6) is -1.70. The second kappa shape index (κ2) is 4.29. The van der Waals surface area contributed by atoms with Gasteiger partial charge in [0.15, 0.2) is 0 Å². The highest BCUT2D eigenvalue weighted by Gasteiger charge is 2.36. The number of carbonyl (C=O) groups is 3. The number of carbonyl (C=O) groups excluding carboxylic acids is 2. The van der Waals surface area contributed by atoms with Crippen LogP contribution in [0.1, 0.15) is 35.2 Å². The van der Waals surface area contributed by atoms with E-state index < -0.39 is 5.97 Å². The summed E-state index contributed by atoms with van der Waals surface area (Å²) in [6, 6.07) is 1.35. The van der Waals surface area contributed by atoms with Gasteiger partial charge in [0.2, 0.25) is 17.6 Å². The molecule has 0 spiro atoms. The number of likely N-dealkylation sites (tertiary alicyclic amines) is 1. The molecular formula is C12H13NO5. The number of carboxylic acid groups (broad SMARTS) is 1. The Balaban J connectivity index is 2.22. The lowest BCUT2D eigenvalue weighted by Crippen LogP contribution is -2.29. The van der Waals surface area contributed by atoms with E-state index in [1.807, 2.05) is 0 Å². The first-order chi connectivity index (χ1) is 8.40. The molecule has 0 saturated carbocycles. The minimum absolute atomic E-state index is 0.0740. The Bertz CT molecular complexity index is 531. The topological polar surface area (TPSA) is 87.8 Å². The number of hydrogen-bond donors (Lipinski definition) is 1. The molecule has 0 aromatic carbocycles. The molecule has 2 heterocycles. The van der Waals surface area contributed by atoms with E-state index in [1.54, 1.807) is 13.8 Å². The fourth-order valence-electron chi connectivity index (χ4n) is 1.97. The van der Waals surface area contributed by atoms with Gasteiger partial charge < -0.3 is 9.52 Å². The Hall–Kier alpha value is -2.11. The fourth-order valence-corrected chi connectivity index (χ4v) is 1.97. The Labute approximate surface area is 103 Å². The molecule has 0 aliphatic carbocycles. The number of aryl methyl sites for hydroxylation is 1. The molecule has 1 atom stereocenters. The molecule has 1 N–H and O–H groups in total. The number of imide groups is 1. The van der Waals surface area contributed by atoms with Crippen LogP contribution < -0.4 is 0 Å². The highest BCUT2D eigenvalue weighted by atomic mass is 16.4. The summed E-state index contributed by atoms with van der Waals surface area (Å²) in [5.41, 5.74) is 0.545. The molecule has 2 amide bonds. The van der Waals surface area contributed by atoms with Crippen LogP contribution in [0.2, 0.25) is 0 Å². The second-order valence-electron chi connectivity index (χ2n) is 4.42.